The molecule has 0 aliphatic carbocycles. The van der Waals surface area contributed by atoms with Gasteiger partial charge in [0.2, 0.25) is 5.88 Å². The Bertz CT molecular complexity index is 273. The molecule has 0 saturated heterocycles. The molecule has 0 aliphatic heterocycles. The van der Waals surface area contributed by atoms with Gasteiger partial charge in [-0.25, -0.2) is 9.97 Å². The molecule has 0 radical (unpaired) electrons. The Morgan fingerprint density at radius 1 is 1.31 bits per heavy atom. The Morgan fingerprint density at radius 3 is 2.54 bits per heavy atom. The van der Waals surface area contributed by atoms with E-state index >= 15 is 0 Å². The fraction of sp³-hybridized carbons (Fsp3) is 0.600. The van der Waals surface area contributed by atoms with Crippen molar-refractivity contribution in [1.82, 2.24) is 9.97 Å². The first-order chi connectivity index (χ1) is 6.16. The van der Waals surface area contributed by atoms with Crippen LogP contribution in [0.1, 0.15) is 32.3 Å². The third-order valence-corrected chi connectivity index (χ3v) is 2.39. The summed E-state index contributed by atoms with van der Waals surface area (Å²) in [6.07, 6.45) is 3.34. The van der Waals surface area contributed by atoms with E-state index in [1.165, 1.54) is 6.33 Å². The van der Waals surface area contributed by atoms with Crippen LogP contribution in [-0.2, 0) is 0 Å². The molecule has 3 nitrogen and oxygen atoms in total. The minimum atomic E-state index is 0.427. The van der Waals surface area contributed by atoms with Crippen LogP contribution in [-0.4, -0.2) is 17.1 Å². The van der Waals surface area contributed by atoms with Gasteiger partial charge in [0.05, 0.1) is 7.11 Å². The minimum Gasteiger partial charge on any atom is -0.481 e. The van der Waals surface area contributed by atoms with Crippen molar-refractivity contribution in [2.24, 2.45) is 5.92 Å². The predicted octanol–water partition coefficient (Wildman–Crippen LogP) is 2.24. The molecule has 1 heterocycles. The van der Waals surface area contributed by atoms with Crippen LogP contribution in [0.3, 0.4) is 0 Å². The summed E-state index contributed by atoms with van der Waals surface area (Å²) >= 11 is 0. The molecule has 0 bridgehead atoms. The second kappa shape index (κ2) is 4.21. The van der Waals surface area contributed by atoms with Gasteiger partial charge in [-0.1, -0.05) is 20.8 Å². The number of ether oxygens (including phenoxy) is 1. The molecule has 0 amide bonds. The molecule has 0 N–H and O–H groups in total. The lowest BCUT2D eigenvalue weighted by Gasteiger charge is -2.16. The first-order valence-corrected chi connectivity index (χ1v) is 4.50. The maximum Gasteiger partial charge on any atom is 0.219 e. The van der Waals surface area contributed by atoms with Gasteiger partial charge in [-0.15, -0.1) is 0 Å². The maximum atomic E-state index is 5.17. The molecule has 0 aliphatic rings. The van der Waals surface area contributed by atoms with Crippen molar-refractivity contribution in [2.45, 2.75) is 26.7 Å². The number of hydrogen-bond donors (Lipinski definition) is 0. The third-order valence-electron chi connectivity index (χ3n) is 2.39. The molecule has 0 fully saturated rings. The Balaban J connectivity index is 2.98. The summed E-state index contributed by atoms with van der Waals surface area (Å²) in [5.74, 6) is 1.69. The van der Waals surface area contributed by atoms with Gasteiger partial charge in [0.1, 0.15) is 6.33 Å². The number of methoxy groups -OCH3 is 1. The van der Waals surface area contributed by atoms with Crippen molar-refractivity contribution in [3.63, 3.8) is 0 Å². The van der Waals surface area contributed by atoms with E-state index in [1.54, 1.807) is 7.11 Å². The van der Waals surface area contributed by atoms with Crippen LogP contribution in [0.25, 0.3) is 0 Å². The van der Waals surface area contributed by atoms with Crippen LogP contribution in [0.2, 0.25) is 0 Å². The molecule has 1 aromatic rings. The first-order valence-electron chi connectivity index (χ1n) is 4.50. The number of nitrogens with zero attached hydrogens (tertiary/aromatic N) is 2. The van der Waals surface area contributed by atoms with Crippen molar-refractivity contribution in [2.75, 3.05) is 7.11 Å². The van der Waals surface area contributed by atoms with Crippen LogP contribution in [0.5, 0.6) is 5.88 Å². The van der Waals surface area contributed by atoms with Gasteiger partial charge in [-0.2, -0.15) is 0 Å². The van der Waals surface area contributed by atoms with Crippen LogP contribution in [0.15, 0.2) is 12.5 Å². The lowest BCUT2D eigenvalue weighted by molar-refractivity contribution is 0.380. The fourth-order valence-corrected chi connectivity index (χ4v) is 1.17. The van der Waals surface area contributed by atoms with Crippen LogP contribution in [0, 0.1) is 5.92 Å². The Labute approximate surface area is 79.2 Å². The van der Waals surface area contributed by atoms with Crippen molar-refractivity contribution in [3.8, 4) is 5.88 Å². The molecule has 1 aromatic heterocycles. The van der Waals surface area contributed by atoms with E-state index < -0.39 is 0 Å². The smallest absolute Gasteiger partial charge is 0.219 e. The van der Waals surface area contributed by atoms with Gasteiger partial charge in [0.25, 0.3) is 0 Å². The van der Waals surface area contributed by atoms with Crippen molar-refractivity contribution in [1.29, 1.82) is 0 Å². The zero-order valence-electron chi connectivity index (χ0n) is 8.61. The van der Waals surface area contributed by atoms with Crippen molar-refractivity contribution < 1.29 is 4.74 Å². The quantitative estimate of drug-likeness (QED) is 0.715. The molecule has 3 heteroatoms. The van der Waals surface area contributed by atoms with Crippen LogP contribution < -0.4 is 4.74 Å². The lowest BCUT2D eigenvalue weighted by atomic mass is 9.92. The fourth-order valence-electron chi connectivity index (χ4n) is 1.17. The zero-order chi connectivity index (χ0) is 9.84. The van der Waals surface area contributed by atoms with E-state index in [9.17, 15) is 0 Å². The van der Waals surface area contributed by atoms with Gasteiger partial charge in [-0.05, 0) is 11.8 Å². The average Bonchev–Trinajstić information content (AvgIpc) is 2.16. The van der Waals surface area contributed by atoms with Crippen LogP contribution in [0.4, 0.5) is 0 Å². The molecule has 0 aromatic carbocycles. The molecular weight excluding hydrogens is 164 g/mol. The largest absolute Gasteiger partial charge is 0.481 e. The summed E-state index contributed by atoms with van der Waals surface area (Å²) in [4.78, 5) is 8.07. The van der Waals surface area contributed by atoms with Gasteiger partial charge < -0.3 is 4.74 Å². The van der Waals surface area contributed by atoms with E-state index in [0.717, 1.165) is 5.56 Å². The minimum absolute atomic E-state index is 0.427. The number of hydrogen-bond acceptors (Lipinski definition) is 3. The molecule has 0 saturated carbocycles. The highest BCUT2D eigenvalue weighted by Crippen LogP contribution is 2.28. The summed E-state index contributed by atoms with van der Waals surface area (Å²) in [6, 6.07) is 0. The molecule has 72 valence electrons. The average molecular weight is 180 g/mol. The number of aromatic nitrogens is 2. The summed E-state index contributed by atoms with van der Waals surface area (Å²) in [5.41, 5.74) is 1.08. The second-order valence-electron chi connectivity index (χ2n) is 3.52. The monoisotopic (exact) mass is 180 g/mol. The summed E-state index contributed by atoms with van der Waals surface area (Å²) in [5, 5.41) is 0. The molecule has 13 heavy (non-hydrogen) atoms. The van der Waals surface area contributed by atoms with Gasteiger partial charge in [-0.3, -0.25) is 0 Å². The van der Waals surface area contributed by atoms with E-state index in [0.29, 0.717) is 17.7 Å². The first kappa shape index (κ1) is 9.96. The summed E-state index contributed by atoms with van der Waals surface area (Å²) in [7, 11) is 1.64. The molecule has 1 atom stereocenters. The van der Waals surface area contributed by atoms with E-state index in [2.05, 4.69) is 30.7 Å². The summed E-state index contributed by atoms with van der Waals surface area (Å²) < 4.78 is 5.17. The zero-order valence-corrected chi connectivity index (χ0v) is 8.61. The topological polar surface area (TPSA) is 35.0 Å². The Kier molecular flexibility index (Phi) is 3.23. The van der Waals surface area contributed by atoms with E-state index in [4.69, 9.17) is 4.74 Å². The molecule has 1 rings (SSSR count). The predicted molar refractivity (Wildman–Crippen MR) is 51.8 cm³/mol. The van der Waals surface area contributed by atoms with Crippen molar-refractivity contribution >= 4 is 0 Å². The molecular formula is C10H16N2O. The number of rotatable bonds is 3. The third kappa shape index (κ3) is 2.17. The molecule has 1 unspecified atom stereocenters. The Hall–Kier alpha value is -1.12. The van der Waals surface area contributed by atoms with Gasteiger partial charge >= 0.3 is 0 Å². The normalized spacial score (nSPS) is 13.0. The molecule has 0 spiro atoms. The Morgan fingerprint density at radius 2 is 2.00 bits per heavy atom. The second-order valence-corrected chi connectivity index (χ2v) is 3.52. The van der Waals surface area contributed by atoms with Crippen LogP contribution >= 0.6 is 0 Å². The van der Waals surface area contributed by atoms with E-state index in [1.807, 2.05) is 6.20 Å². The summed E-state index contributed by atoms with van der Waals surface area (Å²) in [6.45, 7) is 6.51. The SMILES string of the molecule is COc1ncncc1C(C)C(C)C. The van der Waals surface area contributed by atoms with Gasteiger partial charge in [0, 0.05) is 11.8 Å². The van der Waals surface area contributed by atoms with Gasteiger partial charge in [0.15, 0.2) is 0 Å². The lowest BCUT2D eigenvalue weighted by Crippen LogP contribution is -2.05. The van der Waals surface area contributed by atoms with Crippen molar-refractivity contribution in [3.05, 3.63) is 18.1 Å². The highest BCUT2D eigenvalue weighted by atomic mass is 16.5. The van der Waals surface area contributed by atoms with E-state index in [-0.39, 0.29) is 0 Å². The highest BCUT2D eigenvalue weighted by Gasteiger charge is 2.15. The standard InChI is InChI=1S/C10H16N2O/c1-7(2)8(3)9-5-11-6-12-10(9)13-4/h5-8H,1-4H3. The highest BCUT2D eigenvalue weighted by molar-refractivity contribution is 5.26. The maximum absolute atomic E-state index is 5.17.